The lowest BCUT2D eigenvalue weighted by atomic mass is 10.0. The molecular weight excluding hydrogens is 382 g/mol. The highest BCUT2D eigenvalue weighted by molar-refractivity contribution is 5.74. The minimum absolute atomic E-state index is 0.238. The highest BCUT2D eigenvalue weighted by atomic mass is 15.6. The van der Waals surface area contributed by atoms with Crippen LogP contribution in [-0.4, -0.2) is 38.6 Å². The van der Waals surface area contributed by atoms with Gasteiger partial charge in [0, 0.05) is 18.3 Å². The second kappa shape index (κ2) is 7.50. The zero-order chi connectivity index (χ0) is 20.8. The lowest BCUT2D eigenvalue weighted by molar-refractivity contribution is 0.127. The van der Waals surface area contributed by atoms with Gasteiger partial charge in [-0.1, -0.05) is 65.4 Å². The third-order valence-electron chi connectivity index (χ3n) is 6.90. The van der Waals surface area contributed by atoms with Crippen LogP contribution in [0.3, 0.4) is 0 Å². The molecule has 0 spiro atoms. The first kappa shape index (κ1) is 18.6. The van der Waals surface area contributed by atoms with E-state index in [0.29, 0.717) is 12.2 Å². The Morgan fingerprint density at radius 2 is 1.58 bits per heavy atom. The molecule has 0 radical (unpaired) electrons. The summed E-state index contributed by atoms with van der Waals surface area (Å²) in [6.07, 6.45) is 3.90. The van der Waals surface area contributed by atoms with Gasteiger partial charge in [0.25, 0.3) is 0 Å². The molecule has 3 heterocycles. The van der Waals surface area contributed by atoms with Crippen LogP contribution in [0.2, 0.25) is 0 Å². The van der Waals surface area contributed by atoms with Gasteiger partial charge < -0.3 is 4.90 Å². The van der Waals surface area contributed by atoms with Gasteiger partial charge in [0.1, 0.15) is 11.7 Å². The number of hydrogen-bond donors (Lipinski definition) is 0. The summed E-state index contributed by atoms with van der Waals surface area (Å²) in [5.41, 5.74) is 6.12. The molecule has 6 rings (SSSR count). The van der Waals surface area contributed by atoms with Gasteiger partial charge in [0.2, 0.25) is 0 Å². The van der Waals surface area contributed by atoms with Gasteiger partial charge in [0.05, 0.1) is 11.7 Å². The number of benzene rings is 3. The fraction of sp³-hybridized carbons (Fsp3) is 0.308. The van der Waals surface area contributed by atoms with E-state index in [1.807, 2.05) is 6.07 Å². The SMILES string of the molecule is Cc1ccc(N2CC(Cc3ccccc3)N3C2CCC3n2nnc3ccccc32)cc1. The Morgan fingerprint density at radius 1 is 0.839 bits per heavy atom. The van der Waals surface area contributed by atoms with Gasteiger partial charge in [-0.2, -0.15) is 0 Å². The molecule has 3 atom stereocenters. The quantitative estimate of drug-likeness (QED) is 0.486. The predicted octanol–water partition coefficient (Wildman–Crippen LogP) is 4.79. The molecular formula is C26H27N5. The molecule has 0 aliphatic carbocycles. The first-order valence-electron chi connectivity index (χ1n) is 11.2. The van der Waals surface area contributed by atoms with Gasteiger partial charge in [-0.15, -0.1) is 5.10 Å². The summed E-state index contributed by atoms with van der Waals surface area (Å²) in [7, 11) is 0. The second-order valence-corrected chi connectivity index (χ2v) is 8.84. The average molecular weight is 410 g/mol. The van der Waals surface area contributed by atoms with E-state index >= 15 is 0 Å². The fourth-order valence-electron chi connectivity index (χ4n) is 5.47. The summed E-state index contributed by atoms with van der Waals surface area (Å²) in [5, 5.41) is 9.04. The van der Waals surface area contributed by atoms with E-state index in [-0.39, 0.29) is 6.17 Å². The molecule has 0 saturated carbocycles. The standard InChI is InChI=1S/C26H27N5/c1-19-11-13-21(14-12-19)29-18-22(17-20-7-3-2-4-8-20)30-25(29)15-16-26(30)31-24-10-6-5-9-23(24)27-28-31/h2-14,22,25-26H,15-18H2,1H3. The number of para-hydroxylation sites is 1. The lowest BCUT2D eigenvalue weighted by Gasteiger charge is -2.30. The van der Waals surface area contributed by atoms with Crippen molar-refractivity contribution < 1.29 is 0 Å². The molecule has 4 aromatic rings. The van der Waals surface area contributed by atoms with Crippen molar-refractivity contribution in [1.82, 2.24) is 19.9 Å². The molecule has 1 aromatic heterocycles. The number of anilines is 1. The first-order chi connectivity index (χ1) is 15.3. The molecule has 5 nitrogen and oxygen atoms in total. The van der Waals surface area contributed by atoms with E-state index in [4.69, 9.17) is 0 Å². The Bertz CT molecular complexity index is 1180. The van der Waals surface area contributed by atoms with Crippen molar-refractivity contribution >= 4 is 16.7 Å². The van der Waals surface area contributed by atoms with Crippen LogP contribution in [0.15, 0.2) is 78.9 Å². The van der Waals surface area contributed by atoms with E-state index in [9.17, 15) is 0 Å². The van der Waals surface area contributed by atoms with E-state index in [0.717, 1.165) is 36.8 Å². The average Bonchev–Trinajstić information content (AvgIpc) is 3.50. The summed E-state index contributed by atoms with van der Waals surface area (Å²) < 4.78 is 2.16. The zero-order valence-corrected chi connectivity index (χ0v) is 17.8. The number of aryl methyl sites for hydroxylation is 1. The maximum absolute atomic E-state index is 4.60. The first-order valence-corrected chi connectivity index (χ1v) is 11.2. The highest BCUT2D eigenvalue weighted by Crippen LogP contribution is 2.43. The summed E-state index contributed by atoms with van der Waals surface area (Å²) in [6, 6.07) is 28.6. The van der Waals surface area contributed by atoms with Gasteiger partial charge in [0.15, 0.2) is 0 Å². The molecule has 156 valence electrons. The van der Waals surface area contributed by atoms with E-state index in [1.165, 1.54) is 16.8 Å². The van der Waals surface area contributed by atoms with Crippen LogP contribution in [0.25, 0.3) is 11.0 Å². The molecule has 2 aliphatic rings. The van der Waals surface area contributed by atoms with Gasteiger partial charge >= 0.3 is 0 Å². The van der Waals surface area contributed by atoms with Crippen molar-refractivity contribution in [1.29, 1.82) is 0 Å². The molecule has 0 bridgehead atoms. The van der Waals surface area contributed by atoms with Crippen molar-refractivity contribution in [2.45, 2.75) is 44.6 Å². The van der Waals surface area contributed by atoms with Crippen LogP contribution in [0.5, 0.6) is 0 Å². The number of fused-ring (bicyclic) bond motifs is 2. The minimum Gasteiger partial charge on any atom is -0.354 e. The van der Waals surface area contributed by atoms with Crippen molar-refractivity contribution in [3.8, 4) is 0 Å². The number of nitrogens with zero attached hydrogens (tertiary/aromatic N) is 5. The number of hydrogen-bond acceptors (Lipinski definition) is 4. The Kier molecular flexibility index (Phi) is 4.50. The molecule has 2 fully saturated rings. The lowest BCUT2D eigenvalue weighted by Crippen LogP contribution is -2.40. The van der Waals surface area contributed by atoms with Gasteiger partial charge in [-0.25, -0.2) is 4.68 Å². The molecule has 2 saturated heterocycles. The second-order valence-electron chi connectivity index (χ2n) is 8.84. The summed E-state index contributed by atoms with van der Waals surface area (Å²) in [4.78, 5) is 5.31. The topological polar surface area (TPSA) is 37.2 Å². The van der Waals surface area contributed by atoms with E-state index < -0.39 is 0 Å². The Balaban J connectivity index is 1.38. The van der Waals surface area contributed by atoms with Crippen molar-refractivity contribution in [2.75, 3.05) is 11.4 Å². The zero-order valence-electron chi connectivity index (χ0n) is 17.8. The largest absolute Gasteiger partial charge is 0.354 e. The van der Waals surface area contributed by atoms with Crippen molar-refractivity contribution in [2.24, 2.45) is 0 Å². The molecule has 3 aromatic carbocycles. The molecule has 31 heavy (non-hydrogen) atoms. The normalized spacial score (nSPS) is 23.5. The highest BCUT2D eigenvalue weighted by Gasteiger charge is 2.48. The van der Waals surface area contributed by atoms with Gasteiger partial charge in [-0.3, -0.25) is 4.90 Å². The number of rotatable bonds is 4. The number of aromatic nitrogens is 3. The Morgan fingerprint density at radius 3 is 2.42 bits per heavy atom. The van der Waals surface area contributed by atoms with Crippen LogP contribution in [0.4, 0.5) is 5.69 Å². The van der Waals surface area contributed by atoms with Crippen LogP contribution in [0.1, 0.15) is 30.1 Å². The molecule has 2 aliphatic heterocycles. The Hall–Kier alpha value is -3.18. The molecule has 0 amide bonds. The third-order valence-corrected chi connectivity index (χ3v) is 6.90. The van der Waals surface area contributed by atoms with Crippen LogP contribution >= 0.6 is 0 Å². The summed E-state index contributed by atoms with van der Waals surface area (Å²) in [5.74, 6) is 0. The predicted molar refractivity (Wildman–Crippen MR) is 124 cm³/mol. The fourth-order valence-corrected chi connectivity index (χ4v) is 5.47. The van der Waals surface area contributed by atoms with Crippen LogP contribution < -0.4 is 4.90 Å². The van der Waals surface area contributed by atoms with Crippen molar-refractivity contribution in [3.63, 3.8) is 0 Å². The van der Waals surface area contributed by atoms with Crippen molar-refractivity contribution in [3.05, 3.63) is 90.0 Å². The summed E-state index contributed by atoms with van der Waals surface area (Å²) in [6.45, 7) is 3.19. The maximum atomic E-state index is 4.60. The van der Waals surface area contributed by atoms with Gasteiger partial charge in [-0.05, 0) is 56.0 Å². The van der Waals surface area contributed by atoms with E-state index in [1.54, 1.807) is 0 Å². The van der Waals surface area contributed by atoms with E-state index in [2.05, 4.69) is 105 Å². The smallest absolute Gasteiger partial charge is 0.113 e. The van der Waals surface area contributed by atoms with Crippen LogP contribution in [-0.2, 0) is 6.42 Å². The maximum Gasteiger partial charge on any atom is 0.113 e. The minimum atomic E-state index is 0.238. The molecule has 0 N–H and O–H groups in total. The monoisotopic (exact) mass is 409 g/mol. The third kappa shape index (κ3) is 3.20. The molecule has 3 unspecified atom stereocenters. The molecule has 5 heteroatoms. The van der Waals surface area contributed by atoms with Crippen LogP contribution in [0, 0.1) is 6.92 Å². The summed E-state index contributed by atoms with van der Waals surface area (Å²) >= 11 is 0. The Labute approximate surface area is 182 Å².